The monoisotopic (exact) mass is 2720 g/mol. The van der Waals surface area contributed by atoms with Crippen LogP contribution < -0.4 is 4.74 Å². The third-order valence-corrected chi connectivity index (χ3v) is 15.7. The van der Waals surface area contributed by atoms with Gasteiger partial charge in [-0.05, 0) is 19.1 Å². The van der Waals surface area contributed by atoms with Crippen molar-refractivity contribution in [2.24, 2.45) is 35.2 Å². The van der Waals surface area contributed by atoms with Gasteiger partial charge in [0.15, 0.2) is 0 Å². The van der Waals surface area contributed by atoms with Crippen molar-refractivity contribution in [2.75, 3.05) is 7.11 Å². The predicted octanol–water partition coefficient (Wildman–Crippen LogP) is 13.9. The largest absolute Gasteiger partial charge is 0.540 e. The molecule has 0 fully saturated rings. The number of aliphatic hydroxyl groups excluding tert-OH is 2. The van der Waals surface area contributed by atoms with Crippen molar-refractivity contribution in [1.29, 1.82) is 0 Å². The van der Waals surface area contributed by atoms with Gasteiger partial charge in [-0.25, -0.2) is 0 Å². The summed E-state index contributed by atoms with van der Waals surface area (Å²) in [4.78, 5) is 33.8. The second-order valence-corrected chi connectivity index (χ2v) is 22.6. The number of hydrogen-bond donors (Lipinski definition) is 2. The molecule has 21 nitrogen and oxygen atoms in total. The second-order valence-electron chi connectivity index (χ2n) is 22.6. The SMILES string of the molecule is COc1c[c-]c(-c2nccn2C)c(CO)c1.Cc1c[c-]c(-c2nccn2C)c(C)c1.Cc1cnc(-c2[c-]cccc2)n1C.Cn1c(CO)cnc1-c1[c-]cccc1.Cn1c(F)cnc1-c1[c-]cccc1.[Ir].[Ir].[Ir].[Ir].[Ir].[Ir].[Ir].[c-]1ccccc1-c1nccn1-c1cccnc1.[c-]1ccccc1-c1nccn1-c1nnco1. The van der Waals surface area contributed by atoms with Gasteiger partial charge in [-0.2, -0.15) is 4.39 Å². The summed E-state index contributed by atoms with van der Waals surface area (Å²) in [6, 6.07) is 72.2. The van der Waals surface area contributed by atoms with Crippen LogP contribution in [-0.4, -0.2) is 99.4 Å². The number of imidazole rings is 7. The zero-order valence-corrected chi connectivity index (χ0v) is 77.3. The maximum atomic E-state index is 12.9. The summed E-state index contributed by atoms with van der Waals surface area (Å²) in [6.45, 7) is 6.16. The van der Waals surface area contributed by atoms with Crippen LogP contribution in [-0.2, 0) is 189 Å². The summed E-state index contributed by atoms with van der Waals surface area (Å²) in [5, 5.41) is 25.8. The Labute approximate surface area is 733 Å². The molecule has 0 amide bonds. The number of aliphatic hydroxyl groups is 2. The Morgan fingerprint density at radius 2 is 0.909 bits per heavy atom. The first-order chi connectivity index (χ1) is 50.2. The average Bonchev–Trinajstić information content (AvgIpc) is 1.52. The number of ether oxygens (including phenoxy) is 1. The van der Waals surface area contributed by atoms with Crippen LogP contribution >= 0.6 is 0 Å². The maximum Gasteiger partial charge on any atom is 0.319 e. The van der Waals surface area contributed by atoms with Gasteiger partial charge in [-0.3, -0.25) is 44.4 Å². The Morgan fingerprint density at radius 3 is 1.32 bits per heavy atom. The Kier molecular flexibility index (Phi) is 42.6. The number of hydrogen-bond acceptors (Lipinski definition) is 14. The smallest absolute Gasteiger partial charge is 0.319 e. The van der Waals surface area contributed by atoms with E-state index in [2.05, 4.69) is 117 Å². The quantitative estimate of drug-likeness (QED) is 0.109. The van der Waals surface area contributed by atoms with Crippen LogP contribution in [0.1, 0.15) is 28.1 Å². The molecule has 110 heavy (non-hydrogen) atoms. The number of pyridine rings is 1. The number of nitrogens with zero attached hydrogens (tertiary/aromatic N) is 17. The van der Waals surface area contributed by atoms with E-state index in [1.807, 2.05) is 224 Å². The predicted molar refractivity (Wildman–Crippen MR) is 391 cm³/mol. The molecular formula is C81H73FIr7N17O4-7. The maximum absolute atomic E-state index is 12.9. The van der Waals surface area contributed by atoms with Crippen LogP contribution in [0.2, 0.25) is 0 Å². The zero-order chi connectivity index (χ0) is 72.5. The van der Waals surface area contributed by atoms with Gasteiger partial charge in [-0.15, -0.1) is 237 Å². The summed E-state index contributed by atoms with van der Waals surface area (Å²) in [7, 11) is 11.0. The third-order valence-electron chi connectivity index (χ3n) is 15.7. The number of aromatic nitrogens is 17. The Morgan fingerprint density at radius 1 is 0.445 bits per heavy atom. The van der Waals surface area contributed by atoms with E-state index < -0.39 is 0 Å². The van der Waals surface area contributed by atoms with Crippen LogP contribution in [0.15, 0.2) is 249 Å². The Hall–Kier alpha value is -8.50. The van der Waals surface area contributed by atoms with Crippen LogP contribution in [0.4, 0.5) is 4.39 Å². The van der Waals surface area contributed by atoms with Crippen molar-refractivity contribution in [3.63, 3.8) is 0 Å². The van der Waals surface area contributed by atoms with E-state index in [0.29, 0.717) is 17.6 Å². The summed E-state index contributed by atoms with van der Waals surface area (Å²) in [5.41, 5.74) is 12.7. The molecule has 0 atom stereocenters. The summed E-state index contributed by atoms with van der Waals surface area (Å²) in [5.74, 6) is 6.10. The van der Waals surface area contributed by atoms with Gasteiger partial charge < -0.3 is 46.8 Å². The molecule has 9 heterocycles. The van der Waals surface area contributed by atoms with Crippen LogP contribution in [0.3, 0.4) is 0 Å². The standard InChI is InChI=1S/C14H10N3.C12H13N2O2.C12H13N2.C11H7N4O.C11H11N2O.C11H11N2.C10H8FN2.7Ir/c1-2-5-12(6-3-1)14-16-9-10-17(14)13-7-4-8-15-11-13;1-14-6-5-13-12(14)11-4-3-10(16-2)7-9(11)8-15;1-9-4-5-11(10(2)8-9)12-13-6-7-14(12)3;1-2-4-9(5-3-1)10-12-6-7-15(10)11-14-13-8-16-11;1-13-10(8-14)7-12-11(13)9-5-3-2-4-6-9;1-9-8-12-11(13(9)2)10-6-4-3-5-7-10;1-13-9(11)7-12-10(13)8-5-3-2-4-6-8;;;;;;;/h1-5,7-11H;3,5-7,15H,8H2,1-2H3;4,6-8H,1-3H3;1-4,6-8H;2-5,7,14H,8H2,1H3;3-6,8H,1-2H3;2-5,7H,1H3;;;;;;;/q7*-1;;;;;;;. The molecule has 0 saturated heterocycles. The van der Waals surface area contributed by atoms with E-state index in [9.17, 15) is 9.50 Å². The topological polar surface area (TPSA) is 226 Å². The van der Waals surface area contributed by atoms with Crippen molar-refractivity contribution in [2.45, 2.75) is 34.0 Å². The fourth-order valence-corrected chi connectivity index (χ4v) is 10.2. The molecule has 0 bridgehead atoms. The molecule has 9 aromatic heterocycles. The molecule has 0 spiro atoms. The van der Waals surface area contributed by atoms with E-state index in [1.54, 1.807) is 74.1 Å². The fourth-order valence-electron chi connectivity index (χ4n) is 10.2. The van der Waals surface area contributed by atoms with Crippen molar-refractivity contribution < 1.29 is 164 Å². The first-order valence-corrected chi connectivity index (χ1v) is 32.2. The zero-order valence-electron chi connectivity index (χ0n) is 60.5. The molecule has 16 rings (SSSR count). The van der Waals surface area contributed by atoms with Crippen LogP contribution in [0.25, 0.3) is 91.4 Å². The Balaban J connectivity index is 0.000000330. The minimum Gasteiger partial charge on any atom is -0.540 e. The summed E-state index contributed by atoms with van der Waals surface area (Å²) < 4.78 is 36.1. The molecule has 0 unspecified atom stereocenters. The molecule has 29 heteroatoms. The molecular weight excluding hydrogens is 2640 g/mol. The van der Waals surface area contributed by atoms with Crippen molar-refractivity contribution in [1.82, 2.24) is 82.0 Å². The van der Waals surface area contributed by atoms with Crippen molar-refractivity contribution in [3.8, 4) is 97.2 Å². The molecule has 583 valence electrons. The van der Waals surface area contributed by atoms with Gasteiger partial charge in [0, 0.05) is 262 Å². The molecule has 0 saturated carbocycles. The van der Waals surface area contributed by atoms with Gasteiger partial charge in [0.05, 0.1) is 78.3 Å². The minimum absolute atomic E-state index is 0. The number of rotatable bonds is 12. The molecule has 0 aliphatic rings. The van der Waals surface area contributed by atoms with Gasteiger partial charge in [0.1, 0.15) is 0 Å². The van der Waals surface area contributed by atoms with Gasteiger partial charge >= 0.3 is 6.01 Å². The van der Waals surface area contributed by atoms with Crippen molar-refractivity contribution >= 4 is 0 Å². The second kappa shape index (κ2) is 49.0. The fraction of sp³-hybridized carbons (Fsp3) is 0.136. The molecule has 7 aromatic carbocycles. The molecule has 16 aromatic rings. The molecule has 2 N–H and O–H groups in total. The average molecular weight is 2710 g/mol. The Bertz CT molecular complexity index is 5070. The van der Waals surface area contributed by atoms with Crippen molar-refractivity contribution in [3.05, 3.63) is 321 Å². The first-order valence-electron chi connectivity index (χ1n) is 32.2. The third kappa shape index (κ3) is 25.8. The number of aryl methyl sites for hydroxylation is 5. The van der Waals surface area contributed by atoms with E-state index in [-0.39, 0.29) is 160 Å². The number of benzene rings is 7. The molecule has 7 radical (unpaired) electrons. The molecule has 0 aliphatic heterocycles. The summed E-state index contributed by atoms with van der Waals surface area (Å²) >= 11 is 0. The van der Waals surface area contributed by atoms with Crippen LogP contribution in [0.5, 0.6) is 5.75 Å². The van der Waals surface area contributed by atoms with E-state index in [1.165, 1.54) is 28.3 Å². The van der Waals surface area contributed by atoms with E-state index >= 15 is 0 Å². The number of methoxy groups -OCH3 is 1. The summed E-state index contributed by atoms with van der Waals surface area (Å²) in [6.07, 6.45) is 24.1. The first kappa shape index (κ1) is 95.7. The van der Waals surface area contributed by atoms with E-state index in [4.69, 9.17) is 14.3 Å². The molecule has 0 aliphatic carbocycles. The normalized spacial score (nSPS) is 9.75. The van der Waals surface area contributed by atoms with Gasteiger partial charge in [0.2, 0.25) is 12.3 Å². The van der Waals surface area contributed by atoms with Crippen LogP contribution in [0, 0.1) is 69.2 Å². The minimum atomic E-state index is -0.341. The van der Waals surface area contributed by atoms with E-state index in [0.717, 1.165) is 96.5 Å². The number of halogens is 1. The van der Waals surface area contributed by atoms with Gasteiger partial charge in [-0.1, -0.05) is 30.6 Å². The van der Waals surface area contributed by atoms with Gasteiger partial charge in [0.25, 0.3) is 0 Å².